The fourth-order valence-electron chi connectivity index (χ4n) is 1.65. The van der Waals surface area contributed by atoms with Gasteiger partial charge in [0.15, 0.2) is 0 Å². The quantitative estimate of drug-likeness (QED) is 0.801. The highest BCUT2D eigenvalue weighted by Gasteiger charge is 2.49. The lowest BCUT2D eigenvalue weighted by Gasteiger charge is -2.08. The van der Waals surface area contributed by atoms with E-state index >= 15 is 0 Å². The Bertz CT molecular complexity index is 369. The van der Waals surface area contributed by atoms with Crippen LogP contribution in [-0.2, 0) is 11.2 Å². The van der Waals surface area contributed by atoms with Crippen molar-refractivity contribution in [1.82, 2.24) is 0 Å². The van der Waals surface area contributed by atoms with Crippen molar-refractivity contribution in [2.24, 2.45) is 5.41 Å². The van der Waals surface area contributed by atoms with Gasteiger partial charge in [0.25, 0.3) is 0 Å². The third kappa shape index (κ3) is 1.62. The van der Waals surface area contributed by atoms with Gasteiger partial charge in [0, 0.05) is 0 Å². The molecule has 1 aliphatic carbocycles. The summed E-state index contributed by atoms with van der Waals surface area (Å²) in [6.45, 7) is 0. The molecule has 1 aliphatic rings. The van der Waals surface area contributed by atoms with E-state index in [0.29, 0.717) is 19.3 Å². The SMILES string of the molecule is O=C(O)C1(Cc2cccc(F)c2)CC1. The smallest absolute Gasteiger partial charge is 0.309 e. The molecule has 1 N–H and O–H groups in total. The maximum Gasteiger partial charge on any atom is 0.309 e. The highest BCUT2D eigenvalue weighted by Crippen LogP contribution is 2.48. The van der Waals surface area contributed by atoms with Gasteiger partial charge in [-0.15, -0.1) is 0 Å². The number of carbonyl (C=O) groups is 1. The van der Waals surface area contributed by atoms with Crippen LogP contribution in [0.4, 0.5) is 4.39 Å². The molecule has 1 aromatic carbocycles. The second-order valence-corrected chi connectivity index (χ2v) is 3.89. The third-order valence-electron chi connectivity index (χ3n) is 2.74. The van der Waals surface area contributed by atoms with E-state index in [4.69, 9.17) is 5.11 Å². The van der Waals surface area contributed by atoms with Crippen molar-refractivity contribution in [3.05, 3.63) is 35.6 Å². The molecule has 0 aromatic heterocycles. The molecule has 14 heavy (non-hydrogen) atoms. The second-order valence-electron chi connectivity index (χ2n) is 3.89. The predicted octanol–water partition coefficient (Wildman–Crippen LogP) is 2.23. The number of carboxylic acid groups (broad SMARTS) is 1. The third-order valence-corrected chi connectivity index (χ3v) is 2.74. The lowest BCUT2D eigenvalue weighted by Crippen LogP contribution is -2.17. The normalized spacial score (nSPS) is 17.8. The first kappa shape index (κ1) is 9.19. The molecule has 2 rings (SSSR count). The van der Waals surface area contributed by atoms with Gasteiger partial charge >= 0.3 is 5.97 Å². The molecule has 0 aliphatic heterocycles. The van der Waals surface area contributed by atoms with E-state index in [9.17, 15) is 9.18 Å². The molecule has 0 unspecified atom stereocenters. The highest BCUT2D eigenvalue weighted by molar-refractivity contribution is 5.78. The largest absolute Gasteiger partial charge is 0.481 e. The van der Waals surface area contributed by atoms with Crippen molar-refractivity contribution in [2.75, 3.05) is 0 Å². The summed E-state index contributed by atoms with van der Waals surface area (Å²) in [4.78, 5) is 10.9. The fraction of sp³-hybridized carbons (Fsp3) is 0.364. The predicted molar refractivity (Wildman–Crippen MR) is 49.4 cm³/mol. The number of benzene rings is 1. The van der Waals surface area contributed by atoms with E-state index in [2.05, 4.69) is 0 Å². The van der Waals surface area contributed by atoms with Crippen LogP contribution in [-0.4, -0.2) is 11.1 Å². The van der Waals surface area contributed by atoms with Gasteiger partial charge in [-0.2, -0.15) is 0 Å². The zero-order valence-corrected chi connectivity index (χ0v) is 7.66. The molecule has 1 aromatic rings. The standard InChI is InChI=1S/C11H11FO2/c12-9-3-1-2-8(6-9)7-11(4-5-11)10(13)14/h1-3,6H,4-5,7H2,(H,13,14). The molecule has 0 amide bonds. The van der Waals surface area contributed by atoms with Gasteiger partial charge in [0.05, 0.1) is 5.41 Å². The van der Waals surface area contributed by atoms with E-state index in [1.54, 1.807) is 12.1 Å². The number of rotatable bonds is 3. The van der Waals surface area contributed by atoms with Crippen LogP contribution in [0.25, 0.3) is 0 Å². The van der Waals surface area contributed by atoms with Crippen molar-refractivity contribution < 1.29 is 14.3 Å². The summed E-state index contributed by atoms with van der Waals surface area (Å²) >= 11 is 0. The van der Waals surface area contributed by atoms with Gasteiger partial charge in [-0.25, -0.2) is 4.39 Å². The highest BCUT2D eigenvalue weighted by atomic mass is 19.1. The number of hydrogen-bond acceptors (Lipinski definition) is 1. The van der Waals surface area contributed by atoms with Gasteiger partial charge in [-0.1, -0.05) is 12.1 Å². The van der Waals surface area contributed by atoms with Crippen molar-refractivity contribution in [3.63, 3.8) is 0 Å². The summed E-state index contributed by atoms with van der Waals surface area (Å²) in [5.74, 6) is -1.06. The molecule has 0 spiro atoms. The summed E-state index contributed by atoms with van der Waals surface area (Å²) in [5, 5.41) is 8.94. The first-order valence-electron chi connectivity index (χ1n) is 4.60. The summed E-state index contributed by atoms with van der Waals surface area (Å²) < 4.78 is 12.8. The van der Waals surface area contributed by atoms with Gasteiger partial charge in [-0.05, 0) is 37.0 Å². The van der Waals surface area contributed by atoms with Gasteiger partial charge < -0.3 is 5.11 Å². The lowest BCUT2D eigenvalue weighted by atomic mass is 9.97. The summed E-state index contributed by atoms with van der Waals surface area (Å²) in [5.41, 5.74) is 0.165. The Morgan fingerprint density at radius 1 is 1.50 bits per heavy atom. The maximum absolute atomic E-state index is 12.8. The topological polar surface area (TPSA) is 37.3 Å². The summed E-state index contributed by atoms with van der Waals surface area (Å²) in [6.07, 6.45) is 1.86. The first-order valence-corrected chi connectivity index (χ1v) is 4.60. The first-order chi connectivity index (χ1) is 6.62. The van der Waals surface area contributed by atoms with Crippen LogP contribution in [0.15, 0.2) is 24.3 Å². The molecule has 0 heterocycles. The minimum atomic E-state index is -0.762. The minimum absolute atomic E-state index is 0.302. The van der Waals surface area contributed by atoms with Gasteiger partial charge in [0.2, 0.25) is 0 Å². The van der Waals surface area contributed by atoms with Crippen LogP contribution in [0, 0.1) is 11.2 Å². The average molecular weight is 194 g/mol. The second kappa shape index (κ2) is 3.08. The van der Waals surface area contributed by atoms with E-state index in [1.165, 1.54) is 12.1 Å². The zero-order chi connectivity index (χ0) is 10.2. The summed E-state index contributed by atoms with van der Waals surface area (Å²) in [7, 11) is 0. The van der Waals surface area contributed by atoms with Crippen LogP contribution in [0.1, 0.15) is 18.4 Å². The van der Waals surface area contributed by atoms with E-state index in [-0.39, 0.29) is 5.82 Å². The molecule has 3 heteroatoms. The monoisotopic (exact) mass is 194 g/mol. The Hall–Kier alpha value is -1.38. The Morgan fingerprint density at radius 3 is 2.71 bits per heavy atom. The van der Waals surface area contributed by atoms with E-state index in [1.807, 2.05) is 0 Å². The van der Waals surface area contributed by atoms with Crippen molar-refractivity contribution in [2.45, 2.75) is 19.3 Å². The van der Waals surface area contributed by atoms with Crippen molar-refractivity contribution >= 4 is 5.97 Å². The van der Waals surface area contributed by atoms with Crippen LogP contribution in [0.5, 0.6) is 0 Å². The molecular formula is C11H11FO2. The van der Waals surface area contributed by atoms with Crippen LogP contribution >= 0.6 is 0 Å². The molecule has 1 saturated carbocycles. The molecule has 0 bridgehead atoms. The Kier molecular flexibility index (Phi) is 2.02. The number of hydrogen-bond donors (Lipinski definition) is 1. The molecule has 0 radical (unpaired) electrons. The molecule has 0 saturated heterocycles. The van der Waals surface area contributed by atoms with Crippen molar-refractivity contribution in [1.29, 1.82) is 0 Å². The van der Waals surface area contributed by atoms with Crippen molar-refractivity contribution in [3.8, 4) is 0 Å². The number of halogens is 1. The maximum atomic E-state index is 12.8. The molecule has 0 atom stereocenters. The van der Waals surface area contributed by atoms with Gasteiger partial charge in [0.1, 0.15) is 5.82 Å². The van der Waals surface area contributed by atoms with E-state index in [0.717, 1.165) is 5.56 Å². The van der Waals surface area contributed by atoms with Crippen LogP contribution < -0.4 is 0 Å². The Morgan fingerprint density at radius 2 is 2.21 bits per heavy atom. The number of aliphatic carboxylic acids is 1. The fourth-order valence-corrected chi connectivity index (χ4v) is 1.65. The van der Waals surface area contributed by atoms with Crippen LogP contribution in [0.3, 0.4) is 0 Å². The van der Waals surface area contributed by atoms with Gasteiger partial charge in [-0.3, -0.25) is 4.79 Å². The number of carboxylic acids is 1. The zero-order valence-electron chi connectivity index (χ0n) is 7.66. The average Bonchev–Trinajstić information content (AvgIpc) is 2.85. The lowest BCUT2D eigenvalue weighted by molar-refractivity contribution is -0.143. The molecule has 74 valence electrons. The molecular weight excluding hydrogens is 183 g/mol. The molecule has 2 nitrogen and oxygen atoms in total. The molecule has 1 fully saturated rings. The van der Waals surface area contributed by atoms with Crippen LogP contribution in [0.2, 0.25) is 0 Å². The minimum Gasteiger partial charge on any atom is -0.481 e. The Labute approximate surface area is 81.4 Å². The Balaban J connectivity index is 2.15. The summed E-state index contributed by atoms with van der Waals surface area (Å²) in [6, 6.07) is 6.15. The van der Waals surface area contributed by atoms with E-state index < -0.39 is 11.4 Å².